The van der Waals surface area contributed by atoms with Gasteiger partial charge in [-0.3, -0.25) is 4.79 Å². The first-order valence-corrected chi connectivity index (χ1v) is 4.25. The van der Waals surface area contributed by atoms with Crippen molar-refractivity contribution < 1.29 is 18.3 Å². The van der Waals surface area contributed by atoms with Crippen LogP contribution >= 0.6 is 0 Å². The van der Waals surface area contributed by atoms with Crippen molar-refractivity contribution in [3.05, 3.63) is 0 Å². The fourth-order valence-electron chi connectivity index (χ4n) is 1.36. The van der Waals surface area contributed by atoms with Gasteiger partial charge >= 0.3 is 6.43 Å². The Morgan fingerprint density at radius 1 is 1.62 bits per heavy atom. The maximum absolute atomic E-state index is 12.0. The van der Waals surface area contributed by atoms with Crippen molar-refractivity contribution in [2.24, 2.45) is 0 Å². The van der Waals surface area contributed by atoms with Crippen LogP contribution < -0.4 is 0 Å². The van der Waals surface area contributed by atoms with Crippen LogP contribution in [-0.4, -0.2) is 43.5 Å². The quantitative estimate of drug-likeness (QED) is 0.651. The van der Waals surface area contributed by atoms with E-state index in [0.29, 0.717) is 13.2 Å². The fourth-order valence-corrected chi connectivity index (χ4v) is 1.36. The predicted molar refractivity (Wildman–Crippen MR) is 42.6 cm³/mol. The molecule has 1 rings (SSSR count). The second-order valence-corrected chi connectivity index (χ2v) is 3.12. The third-order valence-electron chi connectivity index (χ3n) is 2.22. The number of hydrogen-bond donors (Lipinski definition) is 0. The van der Waals surface area contributed by atoms with Crippen LogP contribution in [0.2, 0.25) is 0 Å². The van der Waals surface area contributed by atoms with Gasteiger partial charge in [0.25, 0.3) is 5.91 Å². The number of likely N-dealkylation sites (N-methyl/N-ethyl adjacent to an activating group) is 1. The molecule has 0 aromatic rings. The van der Waals surface area contributed by atoms with E-state index in [1.54, 1.807) is 0 Å². The molecule has 1 aliphatic heterocycles. The molecular weight excluding hydrogens is 180 g/mol. The number of halogens is 2. The standard InChI is InChI=1S/C8H13F2NO2/c1-11(8(12)7(9)10)6-3-2-4-13-5-6/h6-7H,2-5H2,1H3. The van der Waals surface area contributed by atoms with E-state index in [9.17, 15) is 13.6 Å². The molecule has 1 unspecified atom stereocenters. The van der Waals surface area contributed by atoms with Gasteiger partial charge in [-0.1, -0.05) is 0 Å². The number of hydrogen-bond acceptors (Lipinski definition) is 2. The first kappa shape index (κ1) is 10.4. The van der Waals surface area contributed by atoms with Crippen LogP contribution in [0.1, 0.15) is 12.8 Å². The zero-order valence-electron chi connectivity index (χ0n) is 7.50. The van der Waals surface area contributed by atoms with Gasteiger partial charge in [-0.05, 0) is 12.8 Å². The molecule has 0 radical (unpaired) electrons. The Kier molecular flexibility index (Phi) is 3.59. The number of ether oxygens (including phenoxy) is 1. The molecule has 0 aliphatic carbocycles. The lowest BCUT2D eigenvalue weighted by Crippen LogP contribution is -2.44. The van der Waals surface area contributed by atoms with Gasteiger partial charge in [0.15, 0.2) is 0 Å². The molecule has 3 nitrogen and oxygen atoms in total. The van der Waals surface area contributed by atoms with E-state index in [1.165, 1.54) is 7.05 Å². The summed E-state index contributed by atoms with van der Waals surface area (Å²) < 4.78 is 29.1. The maximum atomic E-state index is 12.0. The van der Waals surface area contributed by atoms with E-state index in [-0.39, 0.29) is 6.04 Å². The van der Waals surface area contributed by atoms with Gasteiger partial charge in [-0.2, -0.15) is 8.78 Å². The number of carbonyl (C=O) groups excluding carboxylic acids is 1. The Morgan fingerprint density at radius 3 is 2.77 bits per heavy atom. The van der Waals surface area contributed by atoms with Gasteiger partial charge in [0.1, 0.15) is 0 Å². The van der Waals surface area contributed by atoms with E-state index < -0.39 is 12.3 Å². The normalized spacial score (nSPS) is 23.2. The summed E-state index contributed by atoms with van der Waals surface area (Å²) >= 11 is 0. The average molecular weight is 193 g/mol. The van der Waals surface area contributed by atoms with Crippen LogP contribution in [0.25, 0.3) is 0 Å². The number of nitrogens with zero attached hydrogens (tertiary/aromatic N) is 1. The predicted octanol–water partition coefficient (Wildman–Crippen LogP) is 0.889. The van der Waals surface area contributed by atoms with Crippen LogP contribution in [0.4, 0.5) is 8.78 Å². The van der Waals surface area contributed by atoms with Crippen LogP contribution in [0, 0.1) is 0 Å². The minimum Gasteiger partial charge on any atom is -0.379 e. The molecule has 1 atom stereocenters. The molecule has 76 valence electrons. The number of amides is 1. The van der Waals surface area contributed by atoms with Crippen molar-refractivity contribution in [3.8, 4) is 0 Å². The highest BCUT2D eigenvalue weighted by Crippen LogP contribution is 2.13. The number of carbonyl (C=O) groups is 1. The Labute approximate surface area is 75.7 Å². The largest absolute Gasteiger partial charge is 0.379 e. The molecule has 0 N–H and O–H groups in total. The lowest BCUT2D eigenvalue weighted by atomic mass is 10.1. The molecule has 1 fully saturated rings. The smallest absolute Gasteiger partial charge is 0.315 e. The topological polar surface area (TPSA) is 29.5 Å². The fraction of sp³-hybridized carbons (Fsp3) is 0.875. The van der Waals surface area contributed by atoms with Crippen LogP contribution in [0.5, 0.6) is 0 Å². The van der Waals surface area contributed by atoms with E-state index >= 15 is 0 Å². The van der Waals surface area contributed by atoms with E-state index in [1.807, 2.05) is 0 Å². The van der Waals surface area contributed by atoms with E-state index in [4.69, 9.17) is 4.74 Å². The van der Waals surface area contributed by atoms with Gasteiger partial charge in [0, 0.05) is 13.7 Å². The van der Waals surface area contributed by atoms with Gasteiger partial charge in [-0.25, -0.2) is 0 Å². The molecule has 0 bridgehead atoms. The zero-order valence-corrected chi connectivity index (χ0v) is 7.50. The van der Waals surface area contributed by atoms with Gasteiger partial charge in [-0.15, -0.1) is 0 Å². The van der Waals surface area contributed by atoms with E-state index in [2.05, 4.69) is 0 Å². The number of rotatable bonds is 2. The molecule has 0 spiro atoms. The highest BCUT2D eigenvalue weighted by atomic mass is 19.3. The first-order valence-electron chi connectivity index (χ1n) is 4.25. The summed E-state index contributed by atoms with van der Waals surface area (Å²) in [4.78, 5) is 11.9. The molecule has 0 aromatic heterocycles. The van der Waals surface area contributed by atoms with Crippen molar-refractivity contribution in [2.75, 3.05) is 20.3 Å². The molecule has 0 saturated carbocycles. The highest BCUT2D eigenvalue weighted by Gasteiger charge is 2.27. The first-order chi connectivity index (χ1) is 6.13. The Morgan fingerprint density at radius 2 is 2.31 bits per heavy atom. The molecule has 1 heterocycles. The van der Waals surface area contributed by atoms with Gasteiger partial charge in [0.05, 0.1) is 12.6 Å². The van der Waals surface area contributed by atoms with Crippen LogP contribution in [0.3, 0.4) is 0 Å². The van der Waals surface area contributed by atoms with Gasteiger partial charge in [0.2, 0.25) is 0 Å². The van der Waals surface area contributed by atoms with Crippen LogP contribution in [-0.2, 0) is 9.53 Å². The molecular formula is C8H13F2NO2. The van der Waals surface area contributed by atoms with Crippen molar-refractivity contribution in [1.82, 2.24) is 4.90 Å². The zero-order chi connectivity index (χ0) is 9.84. The summed E-state index contributed by atoms with van der Waals surface area (Å²) in [5.74, 6) is -1.12. The van der Waals surface area contributed by atoms with Gasteiger partial charge < -0.3 is 9.64 Å². The molecule has 1 amide bonds. The summed E-state index contributed by atoms with van der Waals surface area (Å²) in [6.07, 6.45) is -1.34. The third kappa shape index (κ3) is 2.62. The number of alkyl halides is 2. The van der Waals surface area contributed by atoms with Crippen LogP contribution in [0.15, 0.2) is 0 Å². The Bertz CT molecular complexity index is 181. The average Bonchev–Trinajstić information content (AvgIpc) is 2.17. The molecule has 5 heteroatoms. The summed E-state index contributed by atoms with van der Waals surface area (Å²) in [6, 6.07) is -0.185. The van der Waals surface area contributed by atoms with E-state index in [0.717, 1.165) is 17.7 Å². The highest BCUT2D eigenvalue weighted by molar-refractivity contribution is 5.79. The van der Waals surface area contributed by atoms with Crippen molar-refractivity contribution in [2.45, 2.75) is 25.3 Å². The lowest BCUT2D eigenvalue weighted by molar-refractivity contribution is -0.146. The van der Waals surface area contributed by atoms with Crippen molar-refractivity contribution in [3.63, 3.8) is 0 Å². The van der Waals surface area contributed by atoms with Crippen molar-refractivity contribution >= 4 is 5.91 Å². The second kappa shape index (κ2) is 4.50. The summed E-state index contributed by atoms with van der Waals surface area (Å²) in [5, 5.41) is 0. The molecule has 1 aliphatic rings. The van der Waals surface area contributed by atoms with Crippen molar-refractivity contribution in [1.29, 1.82) is 0 Å². The third-order valence-corrected chi connectivity index (χ3v) is 2.22. The molecule has 0 aromatic carbocycles. The monoisotopic (exact) mass is 193 g/mol. The maximum Gasteiger partial charge on any atom is 0.315 e. The molecule has 13 heavy (non-hydrogen) atoms. The molecule has 1 saturated heterocycles. The summed E-state index contributed by atoms with van der Waals surface area (Å²) in [5.41, 5.74) is 0. The summed E-state index contributed by atoms with van der Waals surface area (Å²) in [6.45, 7) is 1.03. The minimum absolute atomic E-state index is 0.185. The Balaban J connectivity index is 2.45. The second-order valence-electron chi connectivity index (χ2n) is 3.12. The SMILES string of the molecule is CN(C(=O)C(F)F)C1CCCOC1. The Hall–Kier alpha value is -0.710. The minimum atomic E-state index is -2.91. The summed E-state index contributed by atoms with van der Waals surface area (Å²) in [7, 11) is 1.40. The lowest BCUT2D eigenvalue weighted by Gasteiger charge is -2.30.